The van der Waals surface area contributed by atoms with Crippen molar-refractivity contribution in [3.8, 4) is 0 Å². The van der Waals surface area contributed by atoms with Crippen LogP contribution in [0.1, 0.15) is 19.8 Å². The first kappa shape index (κ1) is 15.7. The number of sulfone groups is 1. The van der Waals surface area contributed by atoms with E-state index in [1.54, 1.807) is 0 Å². The van der Waals surface area contributed by atoms with E-state index in [-0.39, 0.29) is 12.3 Å². The SMILES string of the molecule is CN(CCS(C)(=O)=O)C(=O)N1CCCC1(C)C(=O)O. The lowest BCUT2D eigenvalue weighted by atomic mass is 10.00. The number of urea groups is 1. The van der Waals surface area contributed by atoms with Crippen molar-refractivity contribution in [2.24, 2.45) is 0 Å². The summed E-state index contributed by atoms with van der Waals surface area (Å²) in [6.45, 7) is 1.96. The molecule has 1 saturated heterocycles. The van der Waals surface area contributed by atoms with Gasteiger partial charge in [0.2, 0.25) is 0 Å². The molecule has 1 rings (SSSR count). The molecule has 0 aromatic rings. The van der Waals surface area contributed by atoms with Crippen LogP contribution in [-0.4, -0.2) is 73.0 Å². The zero-order valence-electron chi connectivity index (χ0n) is 11.4. The summed E-state index contributed by atoms with van der Waals surface area (Å²) in [6, 6.07) is -0.439. The fraction of sp³-hybridized carbons (Fsp3) is 0.818. The lowest BCUT2D eigenvalue weighted by Gasteiger charge is -2.34. The normalized spacial score (nSPS) is 23.4. The number of amides is 2. The Morgan fingerprint density at radius 2 is 2.00 bits per heavy atom. The quantitative estimate of drug-likeness (QED) is 0.788. The molecule has 0 spiro atoms. The van der Waals surface area contributed by atoms with Gasteiger partial charge in [0.05, 0.1) is 5.75 Å². The highest BCUT2D eigenvalue weighted by molar-refractivity contribution is 7.90. The van der Waals surface area contributed by atoms with Gasteiger partial charge in [-0.15, -0.1) is 0 Å². The maximum Gasteiger partial charge on any atom is 0.329 e. The van der Waals surface area contributed by atoms with Gasteiger partial charge in [0, 0.05) is 26.4 Å². The van der Waals surface area contributed by atoms with Crippen LogP contribution in [0.15, 0.2) is 0 Å². The van der Waals surface area contributed by atoms with E-state index in [4.69, 9.17) is 0 Å². The third-order valence-corrected chi connectivity index (χ3v) is 4.38. The summed E-state index contributed by atoms with van der Waals surface area (Å²) in [7, 11) is -1.67. The van der Waals surface area contributed by atoms with E-state index in [0.717, 1.165) is 6.26 Å². The van der Waals surface area contributed by atoms with Gasteiger partial charge in [-0.05, 0) is 19.8 Å². The second-order valence-corrected chi connectivity index (χ2v) is 7.43. The fourth-order valence-corrected chi connectivity index (χ4v) is 2.70. The Balaban J connectivity index is 2.74. The Labute approximate surface area is 113 Å². The Morgan fingerprint density at radius 1 is 1.42 bits per heavy atom. The number of hydrogen-bond donors (Lipinski definition) is 1. The predicted octanol–water partition coefficient (Wildman–Crippen LogP) is 0.0219. The van der Waals surface area contributed by atoms with Crippen LogP contribution in [0.4, 0.5) is 4.79 Å². The van der Waals surface area contributed by atoms with Crippen LogP contribution in [0, 0.1) is 0 Å². The molecule has 1 N–H and O–H groups in total. The van der Waals surface area contributed by atoms with Crippen LogP contribution in [-0.2, 0) is 14.6 Å². The minimum absolute atomic E-state index is 0.0594. The van der Waals surface area contributed by atoms with Gasteiger partial charge in [-0.25, -0.2) is 18.0 Å². The Morgan fingerprint density at radius 3 is 2.47 bits per heavy atom. The minimum Gasteiger partial charge on any atom is -0.480 e. The van der Waals surface area contributed by atoms with E-state index in [1.165, 1.54) is 23.8 Å². The number of likely N-dealkylation sites (tertiary alicyclic amines) is 1. The lowest BCUT2D eigenvalue weighted by Crippen LogP contribution is -2.54. The molecule has 2 amide bonds. The Bertz CT molecular complexity index is 475. The molecule has 0 bridgehead atoms. The molecule has 8 heteroatoms. The number of carboxylic acids is 1. The van der Waals surface area contributed by atoms with Gasteiger partial charge >= 0.3 is 12.0 Å². The highest BCUT2D eigenvalue weighted by atomic mass is 32.2. The first-order valence-corrected chi connectivity index (χ1v) is 8.08. The zero-order valence-corrected chi connectivity index (χ0v) is 12.2. The van der Waals surface area contributed by atoms with Gasteiger partial charge < -0.3 is 14.9 Å². The first-order chi connectivity index (χ1) is 8.58. The molecule has 19 heavy (non-hydrogen) atoms. The van der Waals surface area contributed by atoms with Gasteiger partial charge in [-0.2, -0.15) is 0 Å². The molecule has 0 saturated carbocycles. The summed E-state index contributed by atoms with van der Waals surface area (Å²) in [5.74, 6) is -1.16. The van der Waals surface area contributed by atoms with Crippen molar-refractivity contribution < 1.29 is 23.1 Å². The molecule has 7 nitrogen and oxygen atoms in total. The maximum absolute atomic E-state index is 12.2. The molecule has 1 heterocycles. The van der Waals surface area contributed by atoms with Gasteiger partial charge in [0.1, 0.15) is 15.4 Å². The van der Waals surface area contributed by atoms with Crippen LogP contribution >= 0.6 is 0 Å². The molecule has 1 aliphatic heterocycles. The van der Waals surface area contributed by atoms with Crippen LogP contribution in [0.5, 0.6) is 0 Å². The summed E-state index contributed by atoms with van der Waals surface area (Å²) in [4.78, 5) is 26.0. The number of nitrogens with zero attached hydrogens (tertiary/aromatic N) is 2. The van der Waals surface area contributed by atoms with Gasteiger partial charge in [0.15, 0.2) is 0 Å². The number of rotatable bonds is 4. The molecule has 1 atom stereocenters. The topological polar surface area (TPSA) is 95.0 Å². The van der Waals surface area contributed by atoms with Crippen LogP contribution in [0.25, 0.3) is 0 Å². The molecule has 0 aliphatic carbocycles. The number of carboxylic acid groups (broad SMARTS) is 1. The fourth-order valence-electron chi connectivity index (χ4n) is 2.10. The third-order valence-electron chi connectivity index (χ3n) is 3.46. The van der Waals surface area contributed by atoms with Crippen molar-refractivity contribution in [3.05, 3.63) is 0 Å². The third kappa shape index (κ3) is 3.59. The molecule has 1 aliphatic rings. The van der Waals surface area contributed by atoms with Gasteiger partial charge in [0.25, 0.3) is 0 Å². The number of carbonyl (C=O) groups excluding carboxylic acids is 1. The molecule has 0 aromatic carbocycles. The first-order valence-electron chi connectivity index (χ1n) is 6.02. The molecule has 1 unspecified atom stereocenters. The minimum atomic E-state index is -3.15. The number of carbonyl (C=O) groups is 2. The number of hydrogen-bond acceptors (Lipinski definition) is 4. The maximum atomic E-state index is 12.2. The second-order valence-electron chi connectivity index (χ2n) is 5.17. The monoisotopic (exact) mass is 292 g/mol. The summed E-state index contributed by atoms with van der Waals surface area (Å²) < 4.78 is 22.1. The molecule has 0 aromatic heterocycles. The van der Waals surface area contributed by atoms with Crippen LogP contribution in [0.2, 0.25) is 0 Å². The van der Waals surface area contributed by atoms with Gasteiger partial charge in [-0.1, -0.05) is 0 Å². The van der Waals surface area contributed by atoms with Crippen molar-refractivity contribution in [1.29, 1.82) is 0 Å². The van der Waals surface area contributed by atoms with E-state index < -0.39 is 27.4 Å². The lowest BCUT2D eigenvalue weighted by molar-refractivity contribution is -0.147. The van der Waals surface area contributed by atoms with Crippen molar-refractivity contribution in [3.63, 3.8) is 0 Å². The smallest absolute Gasteiger partial charge is 0.329 e. The molecular formula is C11H20N2O5S. The van der Waals surface area contributed by atoms with Crippen LogP contribution in [0.3, 0.4) is 0 Å². The van der Waals surface area contributed by atoms with Crippen LogP contribution < -0.4 is 0 Å². The van der Waals surface area contributed by atoms with E-state index in [9.17, 15) is 23.1 Å². The van der Waals surface area contributed by atoms with Crippen molar-refractivity contribution in [2.45, 2.75) is 25.3 Å². The second kappa shape index (κ2) is 5.36. The van der Waals surface area contributed by atoms with Gasteiger partial charge in [-0.3, -0.25) is 0 Å². The van der Waals surface area contributed by atoms with Crippen molar-refractivity contribution in [2.75, 3.05) is 32.1 Å². The largest absolute Gasteiger partial charge is 0.480 e. The van der Waals surface area contributed by atoms with Crippen molar-refractivity contribution >= 4 is 21.8 Å². The highest BCUT2D eigenvalue weighted by Gasteiger charge is 2.46. The average molecular weight is 292 g/mol. The summed E-state index contributed by atoms with van der Waals surface area (Å²) >= 11 is 0. The van der Waals surface area contributed by atoms with Crippen molar-refractivity contribution in [1.82, 2.24) is 9.80 Å². The molecule has 110 valence electrons. The standard InChI is InChI=1S/C11H20N2O5S/c1-11(9(14)15)5-4-6-13(11)10(16)12(2)7-8-19(3,17)18/h4-8H2,1-3H3,(H,14,15). The van der Waals surface area contributed by atoms with E-state index >= 15 is 0 Å². The Kier molecular flexibility index (Phi) is 4.44. The predicted molar refractivity (Wildman–Crippen MR) is 69.7 cm³/mol. The molecule has 1 fully saturated rings. The van der Waals surface area contributed by atoms with E-state index in [0.29, 0.717) is 19.4 Å². The summed E-state index contributed by atoms with van der Waals surface area (Å²) in [6.07, 6.45) is 2.14. The summed E-state index contributed by atoms with van der Waals surface area (Å²) in [5.41, 5.74) is -1.20. The average Bonchev–Trinajstić information content (AvgIpc) is 2.67. The highest BCUT2D eigenvalue weighted by Crippen LogP contribution is 2.30. The summed E-state index contributed by atoms with van der Waals surface area (Å²) in [5, 5.41) is 9.22. The molecule has 0 radical (unpaired) electrons. The van der Waals surface area contributed by atoms with E-state index in [1.807, 2.05) is 0 Å². The zero-order chi connectivity index (χ0) is 14.8. The Hall–Kier alpha value is -1.31. The van der Waals surface area contributed by atoms with E-state index in [2.05, 4.69) is 0 Å². The number of aliphatic carboxylic acids is 1. The molecular weight excluding hydrogens is 272 g/mol.